The average Bonchev–Trinajstić information content (AvgIpc) is 3.45. The highest BCUT2D eigenvalue weighted by molar-refractivity contribution is 5.83. The number of amides is 1. The molecule has 0 unspecified atom stereocenters. The van der Waals surface area contributed by atoms with E-state index in [1.807, 2.05) is 0 Å². The number of nitrogens with one attached hydrogen (secondary N) is 2. The Morgan fingerprint density at radius 2 is 1.88 bits per heavy atom. The van der Waals surface area contributed by atoms with Crippen LogP contribution in [0.1, 0.15) is 42.9 Å². The van der Waals surface area contributed by atoms with Gasteiger partial charge in [0, 0.05) is 11.6 Å². The molecular formula is C17H17F5N2O. The van der Waals surface area contributed by atoms with Gasteiger partial charge in [0.2, 0.25) is 5.91 Å². The van der Waals surface area contributed by atoms with Crippen molar-refractivity contribution >= 4 is 5.91 Å². The topological polar surface area (TPSA) is 41.1 Å². The summed E-state index contributed by atoms with van der Waals surface area (Å²) in [4.78, 5) is 12.4. The Kier molecular flexibility index (Phi) is 3.79. The fourth-order valence-electron chi connectivity index (χ4n) is 3.67. The van der Waals surface area contributed by atoms with Crippen molar-refractivity contribution in [3.05, 3.63) is 34.9 Å². The molecule has 0 aromatic heterocycles. The number of hydrogen-bond acceptors (Lipinski definition) is 2. The monoisotopic (exact) mass is 360 g/mol. The van der Waals surface area contributed by atoms with Gasteiger partial charge in [0.05, 0.1) is 17.6 Å². The lowest BCUT2D eigenvalue weighted by atomic mass is 9.98. The van der Waals surface area contributed by atoms with Crippen molar-refractivity contribution in [3.63, 3.8) is 0 Å². The van der Waals surface area contributed by atoms with Crippen molar-refractivity contribution in [1.29, 1.82) is 0 Å². The Labute approximate surface area is 141 Å². The Morgan fingerprint density at radius 3 is 2.44 bits per heavy atom. The molecule has 1 amide bonds. The van der Waals surface area contributed by atoms with Gasteiger partial charge in [-0.1, -0.05) is 0 Å². The highest BCUT2D eigenvalue weighted by Gasteiger charge is 2.48. The van der Waals surface area contributed by atoms with Gasteiger partial charge in [0.15, 0.2) is 0 Å². The van der Waals surface area contributed by atoms with Crippen LogP contribution < -0.4 is 10.6 Å². The van der Waals surface area contributed by atoms with Crippen molar-refractivity contribution in [2.24, 2.45) is 11.8 Å². The SMILES string of the molecule is O=C(N[C@@H](c1cc(F)c(C(F)(F)F)cc1F)C1CC1)[C@H]1C[C@H]2C[C@H]2N1. The molecule has 0 bridgehead atoms. The van der Waals surface area contributed by atoms with E-state index >= 15 is 0 Å². The molecule has 2 saturated carbocycles. The zero-order chi connectivity index (χ0) is 17.9. The molecule has 1 aromatic rings. The van der Waals surface area contributed by atoms with E-state index in [9.17, 15) is 26.7 Å². The van der Waals surface area contributed by atoms with E-state index in [1.165, 1.54) is 0 Å². The third-order valence-corrected chi connectivity index (χ3v) is 5.31. The van der Waals surface area contributed by atoms with Crippen LogP contribution in [0.5, 0.6) is 0 Å². The van der Waals surface area contributed by atoms with Gasteiger partial charge in [-0.15, -0.1) is 0 Å². The van der Waals surface area contributed by atoms with Gasteiger partial charge in [0.25, 0.3) is 0 Å². The molecule has 8 heteroatoms. The minimum absolute atomic E-state index is 0.0782. The molecule has 3 aliphatic rings. The van der Waals surface area contributed by atoms with Crippen LogP contribution >= 0.6 is 0 Å². The van der Waals surface area contributed by atoms with Crippen molar-refractivity contribution in [2.75, 3.05) is 0 Å². The number of fused-ring (bicyclic) bond motifs is 1. The Morgan fingerprint density at radius 1 is 1.16 bits per heavy atom. The van der Waals surface area contributed by atoms with Crippen LogP contribution in [0.3, 0.4) is 0 Å². The van der Waals surface area contributed by atoms with Gasteiger partial charge >= 0.3 is 6.18 Å². The molecule has 4 atom stereocenters. The maximum Gasteiger partial charge on any atom is 0.419 e. The van der Waals surface area contributed by atoms with E-state index in [1.54, 1.807) is 0 Å². The molecule has 2 N–H and O–H groups in total. The average molecular weight is 360 g/mol. The zero-order valence-electron chi connectivity index (χ0n) is 13.2. The quantitative estimate of drug-likeness (QED) is 0.809. The van der Waals surface area contributed by atoms with Crippen molar-refractivity contribution in [1.82, 2.24) is 10.6 Å². The van der Waals surface area contributed by atoms with Crippen LogP contribution in [-0.2, 0) is 11.0 Å². The molecular weight excluding hydrogens is 343 g/mol. The van der Waals surface area contributed by atoms with Gasteiger partial charge < -0.3 is 10.6 Å². The standard InChI is InChI=1S/C17H17F5N2O/c18-11-6-10(17(20,21)22)12(19)5-9(11)15(7-1-2-7)24-16(25)14-4-8-3-13(8)23-14/h5-8,13-15,23H,1-4H2,(H,24,25)/t8-,13-,14-,15-/m1/s1. The fraction of sp³-hybridized carbons (Fsp3) is 0.588. The number of carbonyl (C=O) groups is 1. The first-order chi connectivity index (χ1) is 11.7. The second-order valence-electron chi connectivity index (χ2n) is 7.23. The maximum atomic E-state index is 14.3. The number of carbonyl (C=O) groups excluding carboxylic acids is 1. The lowest BCUT2D eigenvalue weighted by molar-refractivity contribution is -0.140. The highest BCUT2D eigenvalue weighted by atomic mass is 19.4. The predicted molar refractivity (Wildman–Crippen MR) is 78.4 cm³/mol. The lowest BCUT2D eigenvalue weighted by Gasteiger charge is -2.23. The molecule has 1 aromatic carbocycles. The normalized spacial score (nSPS) is 29.2. The number of rotatable bonds is 4. The summed E-state index contributed by atoms with van der Waals surface area (Å²) in [5, 5.41) is 5.89. The van der Waals surface area contributed by atoms with E-state index in [2.05, 4.69) is 10.6 Å². The first kappa shape index (κ1) is 16.8. The number of halogens is 5. The molecule has 0 spiro atoms. The molecule has 1 heterocycles. The largest absolute Gasteiger partial charge is 0.419 e. The lowest BCUT2D eigenvalue weighted by Crippen LogP contribution is -2.44. The molecule has 1 aliphatic heterocycles. The van der Waals surface area contributed by atoms with E-state index in [4.69, 9.17) is 0 Å². The molecule has 3 nitrogen and oxygen atoms in total. The summed E-state index contributed by atoms with van der Waals surface area (Å²) < 4.78 is 66.2. The molecule has 136 valence electrons. The van der Waals surface area contributed by atoms with Gasteiger partial charge in [0.1, 0.15) is 11.6 Å². The zero-order valence-corrected chi connectivity index (χ0v) is 13.2. The summed E-state index contributed by atoms with van der Waals surface area (Å²) in [5.74, 6) is -2.55. The maximum absolute atomic E-state index is 14.3. The third kappa shape index (κ3) is 3.23. The first-order valence-corrected chi connectivity index (χ1v) is 8.36. The summed E-state index contributed by atoms with van der Waals surface area (Å²) in [5.41, 5.74) is -1.85. The Bertz CT molecular complexity index is 706. The molecule has 1 saturated heterocycles. The number of alkyl halides is 3. The van der Waals surface area contributed by atoms with Gasteiger partial charge in [-0.2, -0.15) is 13.2 Å². The summed E-state index contributed by atoms with van der Waals surface area (Å²) in [6.07, 6.45) is -1.77. The van der Waals surface area contributed by atoms with Gasteiger partial charge in [-0.3, -0.25) is 4.79 Å². The summed E-state index contributed by atoms with van der Waals surface area (Å²) in [7, 11) is 0. The van der Waals surface area contributed by atoms with E-state index < -0.39 is 29.4 Å². The minimum atomic E-state index is -4.96. The second kappa shape index (κ2) is 5.65. The second-order valence-corrected chi connectivity index (χ2v) is 7.23. The Hall–Kier alpha value is -1.70. The molecule has 0 radical (unpaired) electrons. The minimum Gasteiger partial charge on any atom is -0.348 e. The summed E-state index contributed by atoms with van der Waals surface area (Å²) >= 11 is 0. The summed E-state index contributed by atoms with van der Waals surface area (Å²) in [6, 6.07) is -0.0679. The van der Waals surface area contributed by atoms with Crippen molar-refractivity contribution in [3.8, 4) is 0 Å². The van der Waals surface area contributed by atoms with E-state index in [0.717, 1.165) is 19.3 Å². The number of benzene rings is 1. The number of hydrogen-bond donors (Lipinski definition) is 2. The van der Waals surface area contributed by atoms with Crippen LogP contribution in [0, 0.1) is 23.5 Å². The third-order valence-electron chi connectivity index (χ3n) is 5.31. The van der Waals surface area contributed by atoms with Gasteiger partial charge in [-0.25, -0.2) is 8.78 Å². The summed E-state index contributed by atoms with van der Waals surface area (Å²) in [6.45, 7) is 0. The number of piperidine rings is 1. The van der Waals surface area contributed by atoms with Gasteiger partial charge in [-0.05, 0) is 49.7 Å². The van der Waals surface area contributed by atoms with Crippen LogP contribution in [0.4, 0.5) is 22.0 Å². The molecule has 3 fully saturated rings. The van der Waals surface area contributed by atoms with Crippen molar-refractivity contribution < 1.29 is 26.7 Å². The Balaban J connectivity index is 1.56. The van der Waals surface area contributed by atoms with E-state index in [-0.39, 0.29) is 29.5 Å². The first-order valence-electron chi connectivity index (χ1n) is 8.36. The van der Waals surface area contributed by atoms with Crippen LogP contribution in [0.25, 0.3) is 0 Å². The molecule has 2 aliphatic carbocycles. The fourth-order valence-corrected chi connectivity index (χ4v) is 3.67. The molecule has 25 heavy (non-hydrogen) atoms. The van der Waals surface area contributed by atoms with Crippen LogP contribution in [-0.4, -0.2) is 18.0 Å². The molecule has 4 rings (SSSR count). The van der Waals surface area contributed by atoms with Crippen LogP contribution in [0.15, 0.2) is 12.1 Å². The highest BCUT2D eigenvalue weighted by Crippen LogP contribution is 2.44. The predicted octanol–water partition coefficient (Wildman–Crippen LogP) is 3.30. The van der Waals surface area contributed by atoms with E-state index in [0.29, 0.717) is 24.4 Å². The smallest absolute Gasteiger partial charge is 0.348 e. The van der Waals surface area contributed by atoms with Crippen LogP contribution in [0.2, 0.25) is 0 Å². The van der Waals surface area contributed by atoms with Crippen molar-refractivity contribution in [2.45, 2.75) is 50.0 Å².